The maximum Gasteiger partial charge on any atom is 0.387 e. The number of hydrogen-bond donors (Lipinski definition) is 7. The molecule has 3 amide bonds. The molecule has 0 aromatic heterocycles. The number of carboxylic acid groups (broad SMARTS) is 3. The Hall–Kier alpha value is -9.35. The monoisotopic (exact) mass is 1380 g/mol. The number of aliphatic hydroxyl groups is 1. The van der Waals surface area contributed by atoms with E-state index < -0.39 is 42.2 Å². The predicted molar refractivity (Wildman–Crippen MR) is 342 cm³/mol. The first kappa shape index (κ1) is 69.1. The Morgan fingerprint density at radius 2 is 0.758 bits per heavy atom. The van der Waals surface area contributed by atoms with E-state index in [9.17, 15) is 42.7 Å². The number of hydrogen-bond acceptors (Lipinski definition) is 12. The summed E-state index contributed by atoms with van der Waals surface area (Å²) in [5, 5.41) is 45.6. The van der Waals surface area contributed by atoms with E-state index in [1.54, 1.807) is 36.4 Å². The standard InChI is InChI=1S/C22H17Cl2NO6.C21H14Cl3NO4.C21H13Cl2F2NO5/c1-30-20-8-12(11-26)2-7-18(20)31-19-10-17(24)16(23)9-15(19)21(27)25-14-5-3-13(4-6-14)22(28)29;1-11-8-13(22)4-7-18(11)29-19-10-17(24)16(23)9-15(19)20(26)25-14-5-2-12(3-6-14)21(27)28;22-14-9-13(19(27)26-12-7-5-11(6-8-12)20(28)29)18(10-15(14)23)30-16-3-1-2-4-17(16)31-21(24)25/h2-10,26H,11H2,1H3,(H,25,27)(H,28,29);2-10H,1H3,(H,25,26)(H,27,28);1-10,21H,(H,26,27)(H,28,29). The van der Waals surface area contributed by atoms with Crippen LogP contribution in [-0.2, 0) is 6.61 Å². The first-order chi connectivity index (χ1) is 43.3. The molecule has 0 bridgehead atoms. The number of aliphatic hydroxyl groups excluding tert-OH is 1. The van der Waals surface area contributed by atoms with Gasteiger partial charge in [0.1, 0.15) is 23.0 Å². The number of benzene rings is 9. The lowest BCUT2D eigenvalue weighted by Gasteiger charge is -2.15. The molecule has 0 aliphatic rings. The van der Waals surface area contributed by atoms with E-state index in [0.29, 0.717) is 44.9 Å². The molecule has 468 valence electrons. The van der Waals surface area contributed by atoms with Crippen LogP contribution in [0.25, 0.3) is 0 Å². The van der Waals surface area contributed by atoms with Crippen LogP contribution >= 0.6 is 81.2 Å². The summed E-state index contributed by atoms with van der Waals surface area (Å²) in [6.45, 7) is -1.42. The van der Waals surface area contributed by atoms with Gasteiger partial charge in [-0.05, 0) is 152 Å². The van der Waals surface area contributed by atoms with Gasteiger partial charge < -0.3 is 60.1 Å². The normalized spacial score (nSPS) is 10.5. The number of rotatable bonds is 19. The number of methoxy groups -OCH3 is 1. The van der Waals surface area contributed by atoms with Crippen LogP contribution in [0.4, 0.5) is 25.8 Å². The Labute approximate surface area is 550 Å². The van der Waals surface area contributed by atoms with Gasteiger partial charge in [0.2, 0.25) is 0 Å². The molecule has 0 fully saturated rings. The highest BCUT2D eigenvalue weighted by molar-refractivity contribution is 6.43. The van der Waals surface area contributed by atoms with Gasteiger partial charge in [-0.15, -0.1) is 0 Å². The number of aryl methyl sites for hydroxylation is 1. The van der Waals surface area contributed by atoms with Gasteiger partial charge in [-0.25, -0.2) is 14.4 Å². The summed E-state index contributed by atoms with van der Waals surface area (Å²) in [6, 6.07) is 40.7. The van der Waals surface area contributed by atoms with Gasteiger partial charge in [-0.1, -0.05) is 99.4 Å². The van der Waals surface area contributed by atoms with Crippen LogP contribution in [0.3, 0.4) is 0 Å². The van der Waals surface area contributed by atoms with Crippen molar-refractivity contribution in [3.05, 3.63) is 250 Å². The number of aromatic carboxylic acids is 3. The summed E-state index contributed by atoms with van der Waals surface area (Å²) in [6.07, 6.45) is 0. The van der Waals surface area contributed by atoms with Gasteiger partial charge in [0.05, 0.1) is 77.2 Å². The Morgan fingerprint density at radius 1 is 0.418 bits per heavy atom. The molecule has 0 heterocycles. The maximum atomic E-state index is 12.9. The van der Waals surface area contributed by atoms with E-state index in [-0.39, 0.29) is 98.9 Å². The van der Waals surface area contributed by atoms with Crippen LogP contribution in [0.1, 0.15) is 73.3 Å². The quantitative estimate of drug-likeness (QED) is 0.0397. The molecule has 0 aliphatic heterocycles. The van der Waals surface area contributed by atoms with Gasteiger partial charge in [0.15, 0.2) is 23.0 Å². The van der Waals surface area contributed by atoms with Crippen LogP contribution in [0.5, 0.6) is 46.0 Å². The topological polar surface area (TPSA) is 266 Å². The summed E-state index contributed by atoms with van der Waals surface area (Å²) in [5.41, 5.74) is 3.00. The van der Waals surface area contributed by atoms with Crippen molar-refractivity contribution in [3.63, 3.8) is 0 Å². The lowest BCUT2D eigenvalue weighted by atomic mass is 10.1. The molecule has 0 saturated carbocycles. The Balaban J connectivity index is 0.000000194. The van der Waals surface area contributed by atoms with E-state index in [0.717, 1.165) is 5.56 Å². The zero-order valence-electron chi connectivity index (χ0n) is 46.6. The molecule has 9 aromatic carbocycles. The predicted octanol–water partition coefficient (Wildman–Crippen LogP) is 18.3. The number of para-hydroxylation sites is 2. The Kier molecular flexibility index (Phi) is 24.2. The second kappa shape index (κ2) is 31.9. The number of nitrogens with one attached hydrogen (secondary N) is 3. The summed E-state index contributed by atoms with van der Waals surface area (Å²) in [4.78, 5) is 71.4. The van der Waals surface area contributed by atoms with Crippen molar-refractivity contribution in [1.29, 1.82) is 0 Å². The largest absolute Gasteiger partial charge is 0.493 e. The third-order valence-corrected chi connectivity index (χ3v) is 14.6. The van der Waals surface area contributed by atoms with Crippen molar-refractivity contribution in [2.75, 3.05) is 23.1 Å². The first-order valence-electron chi connectivity index (χ1n) is 25.8. The lowest BCUT2D eigenvalue weighted by molar-refractivity contribution is -0.0510. The molecule has 27 heteroatoms. The molecular weight excluding hydrogens is 1340 g/mol. The third-order valence-electron chi connectivity index (χ3n) is 12.2. The molecule has 91 heavy (non-hydrogen) atoms. The Morgan fingerprint density at radius 3 is 1.10 bits per heavy atom. The number of alkyl halides is 2. The number of anilines is 3. The number of carbonyl (C=O) groups is 6. The highest BCUT2D eigenvalue weighted by Gasteiger charge is 2.23. The summed E-state index contributed by atoms with van der Waals surface area (Å²) < 4.78 is 52.5. The van der Waals surface area contributed by atoms with Crippen molar-refractivity contribution >= 4 is 134 Å². The molecule has 9 rings (SSSR count). The average Bonchev–Trinajstić information content (AvgIpc) is 0.965. The van der Waals surface area contributed by atoms with Gasteiger partial charge in [0.25, 0.3) is 17.7 Å². The van der Waals surface area contributed by atoms with Crippen molar-refractivity contribution in [2.24, 2.45) is 0 Å². The summed E-state index contributed by atoms with van der Waals surface area (Å²) in [5.74, 6) is -3.77. The number of carbonyl (C=O) groups excluding carboxylic acids is 3. The number of amides is 3. The minimum atomic E-state index is -3.07. The SMILES string of the molecule is COc1cc(CO)ccc1Oc1cc(Cl)c(Cl)cc1C(=O)Nc1ccc(C(=O)O)cc1.Cc1cc(Cl)ccc1Oc1cc(Cl)c(Cl)cc1C(=O)Nc1ccc(C(=O)O)cc1.O=C(O)c1ccc(NC(=O)c2cc(Cl)c(Cl)cc2Oc2ccccc2OC(F)F)cc1. The second-order valence-corrected chi connectivity index (χ2v) is 21.4. The molecule has 7 N–H and O–H groups in total. The van der Waals surface area contributed by atoms with Crippen molar-refractivity contribution in [3.8, 4) is 46.0 Å². The maximum absolute atomic E-state index is 12.9. The lowest BCUT2D eigenvalue weighted by Crippen LogP contribution is -2.13. The molecule has 9 aromatic rings. The fourth-order valence-electron chi connectivity index (χ4n) is 7.76. The average molecular weight is 1380 g/mol. The van der Waals surface area contributed by atoms with E-state index >= 15 is 0 Å². The molecule has 0 spiro atoms. The molecule has 0 saturated heterocycles. The summed E-state index contributed by atoms with van der Waals surface area (Å²) >= 11 is 42.5. The molecular formula is C64H44Cl7F2N3O15. The van der Waals surface area contributed by atoms with Gasteiger partial charge >= 0.3 is 24.5 Å². The van der Waals surface area contributed by atoms with Gasteiger partial charge in [-0.3, -0.25) is 14.4 Å². The van der Waals surface area contributed by atoms with Crippen molar-refractivity contribution < 1.29 is 81.7 Å². The smallest absolute Gasteiger partial charge is 0.387 e. The summed E-state index contributed by atoms with van der Waals surface area (Å²) in [7, 11) is 1.45. The van der Waals surface area contributed by atoms with Crippen LogP contribution in [-0.4, -0.2) is 69.8 Å². The number of carboxylic acids is 3. The van der Waals surface area contributed by atoms with Crippen LogP contribution in [0.15, 0.2) is 170 Å². The van der Waals surface area contributed by atoms with Crippen molar-refractivity contribution in [1.82, 2.24) is 0 Å². The van der Waals surface area contributed by atoms with E-state index in [1.165, 1.54) is 141 Å². The molecule has 0 atom stereocenters. The van der Waals surface area contributed by atoms with E-state index in [2.05, 4.69) is 20.7 Å². The first-order valence-corrected chi connectivity index (χ1v) is 28.5. The van der Waals surface area contributed by atoms with Gasteiger partial charge in [0, 0.05) is 40.3 Å². The zero-order chi connectivity index (χ0) is 66.2. The molecule has 0 aliphatic carbocycles. The molecule has 0 radical (unpaired) electrons. The fraction of sp³-hybridized carbons (Fsp3) is 0.0625. The highest BCUT2D eigenvalue weighted by Crippen LogP contribution is 2.41. The van der Waals surface area contributed by atoms with Crippen LogP contribution in [0, 0.1) is 6.92 Å². The highest BCUT2D eigenvalue weighted by atomic mass is 35.5. The van der Waals surface area contributed by atoms with Crippen LogP contribution in [0.2, 0.25) is 35.2 Å². The van der Waals surface area contributed by atoms with Crippen LogP contribution < -0.4 is 39.6 Å². The van der Waals surface area contributed by atoms with Crippen molar-refractivity contribution in [2.45, 2.75) is 20.1 Å². The minimum Gasteiger partial charge on any atom is -0.493 e. The number of ether oxygens (including phenoxy) is 5. The Bertz CT molecular complexity index is 4210. The second-order valence-electron chi connectivity index (χ2n) is 18.5. The third kappa shape index (κ3) is 19.1. The zero-order valence-corrected chi connectivity index (χ0v) is 51.9. The van der Waals surface area contributed by atoms with Gasteiger partial charge in [-0.2, -0.15) is 8.78 Å². The van der Waals surface area contributed by atoms with E-state index in [1.807, 2.05) is 6.92 Å². The fourth-order valence-corrected chi connectivity index (χ4v) is 8.94. The molecule has 0 unspecified atom stereocenters. The molecule has 18 nitrogen and oxygen atoms in total. The minimum absolute atomic E-state index is 0.0384. The number of halogens is 9. The van der Waals surface area contributed by atoms with E-state index in [4.69, 9.17) is 115 Å².